The average Bonchev–Trinajstić information content (AvgIpc) is 3.40. The number of anilines is 1. The van der Waals surface area contributed by atoms with Crippen molar-refractivity contribution in [2.45, 2.75) is 57.2 Å². The van der Waals surface area contributed by atoms with Gasteiger partial charge in [0, 0.05) is 6.04 Å². The van der Waals surface area contributed by atoms with E-state index in [0.29, 0.717) is 22.3 Å². The van der Waals surface area contributed by atoms with Crippen molar-refractivity contribution >= 4 is 28.5 Å². The summed E-state index contributed by atoms with van der Waals surface area (Å²) >= 11 is 0. The third-order valence-corrected chi connectivity index (χ3v) is 7.34. The third-order valence-electron chi connectivity index (χ3n) is 7.34. The van der Waals surface area contributed by atoms with Gasteiger partial charge >= 0.3 is 0 Å². The second-order valence-electron chi connectivity index (χ2n) is 9.88. The number of nitrogens with one attached hydrogen (secondary N) is 1. The molecule has 0 aliphatic heterocycles. The Balaban J connectivity index is 1.61. The summed E-state index contributed by atoms with van der Waals surface area (Å²) in [5, 5.41) is 11.6. The van der Waals surface area contributed by atoms with Crippen LogP contribution in [0.25, 0.3) is 11.0 Å². The summed E-state index contributed by atoms with van der Waals surface area (Å²) in [6.45, 7) is 1.68. The van der Waals surface area contributed by atoms with E-state index in [9.17, 15) is 9.59 Å². The lowest BCUT2D eigenvalue weighted by Gasteiger charge is -2.35. The number of hydrogen-bond donors (Lipinski definition) is 1. The van der Waals surface area contributed by atoms with E-state index in [1.54, 1.807) is 50.4 Å². The van der Waals surface area contributed by atoms with E-state index in [1.165, 1.54) is 21.7 Å². The number of rotatable bonds is 8. The van der Waals surface area contributed by atoms with E-state index in [1.807, 2.05) is 24.3 Å². The first-order chi connectivity index (χ1) is 19.0. The number of carbonyl (C=O) groups excluding carboxylic acids is 2. The van der Waals surface area contributed by atoms with E-state index in [0.717, 1.165) is 32.1 Å². The first-order valence-corrected chi connectivity index (χ1v) is 13.3. The SMILES string of the molecule is COc1ccc([C@@H](C(=O)NC2CCCCC2)N(C(=O)[C@H](C)n2nnc3ccccc32)c2ccccc2F)cc1. The number of amides is 2. The van der Waals surface area contributed by atoms with Crippen LogP contribution in [-0.2, 0) is 9.59 Å². The predicted octanol–water partition coefficient (Wildman–Crippen LogP) is 5.36. The van der Waals surface area contributed by atoms with E-state index >= 15 is 4.39 Å². The number of hydrogen-bond acceptors (Lipinski definition) is 5. The van der Waals surface area contributed by atoms with Crippen LogP contribution in [0.4, 0.5) is 10.1 Å². The highest BCUT2D eigenvalue weighted by atomic mass is 19.1. The summed E-state index contributed by atoms with van der Waals surface area (Å²) in [5.74, 6) is -0.850. The van der Waals surface area contributed by atoms with Crippen LogP contribution in [0.15, 0.2) is 72.8 Å². The number of nitrogens with zero attached hydrogens (tertiary/aromatic N) is 4. The molecular formula is C30H32FN5O3. The second kappa shape index (κ2) is 11.6. The fraction of sp³-hybridized carbons (Fsp3) is 0.333. The summed E-state index contributed by atoms with van der Waals surface area (Å²) in [5.41, 5.74) is 1.85. The van der Waals surface area contributed by atoms with Crippen LogP contribution in [0.5, 0.6) is 5.75 Å². The highest BCUT2D eigenvalue weighted by Gasteiger charge is 2.38. The van der Waals surface area contributed by atoms with Crippen LogP contribution in [-0.4, -0.2) is 40.0 Å². The molecule has 2 atom stereocenters. The Labute approximate surface area is 226 Å². The zero-order valence-electron chi connectivity index (χ0n) is 22.1. The maximum absolute atomic E-state index is 15.4. The zero-order valence-corrected chi connectivity index (χ0v) is 22.1. The molecule has 0 radical (unpaired) electrons. The van der Waals surface area contributed by atoms with Gasteiger partial charge < -0.3 is 10.1 Å². The number of para-hydroxylation sites is 2. The number of methoxy groups -OCH3 is 1. The molecule has 8 nitrogen and oxygen atoms in total. The number of halogens is 1. The van der Waals surface area contributed by atoms with Gasteiger partial charge in [0.05, 0.1) is 18.3 Å². The van der Waals surface area contributed by atoms with Gasteiger partial charge in [0.2, 0.25) is 5.91 Å². The van der Waals surface area contributed by atoms with Crippen molar-refractivity contribution in [3.8, 4) is 5.75 Å². The highest BCUT2D eigenvalue weighted by Crippen LogP contribution is 2.34. The van der Waals surface area contributed by atoms with Gasteiger partial charge in [-0.2, -0.15) is 0 Å². The van der Waals surface area contributed by atoms with E-state index < -0.39 is 23.8 Å². The molecule has 9 heteroatoms. The van der Waals surface area contributed by atoms with E-state index in [2.05, 4.69) is 15.6 Å². The lowest BCUT2D eigenvalue weighted by Crippen LogP contribution is -2.49. The van der Waals surface area contributed by atoms with Gasteiger partial charge in [0.1, 0.15) is 29.2 Å². The van der Waals surface area contributed by atoms with Gasteiger partial charge in [-0.1, -0.05) is 60.9 Å². The Bertz CT molecular complexity index is 1450. The first kappa shape index (κ1) is 26.3. The van der Waals surface area contributed by atoms with Crippen LogP contribution in [0.2, 0.25) is 0 Å². The summed E-state index contributed by atoms with van der Waals surface area (Å²) in [6.07, 6.45) is 4.94. The smallest absolute Gasteiger partial charge is 0.252 e. The lowest BCUT2D eigenvalue weighted by atomic mass is 9.94. The molecule has 1 N–H and O–H groups in total. The molecule has 1 aliphatic carbocycles. The molecule has 39 heavy (non-hydrogen) atoms. The van der Waals surface area contributed by atoms with Crippen molar-refractivity contribution in [1.82, 2.24) is 20.3 Å². The highest BCUT2D eigenvalue weighted by molar-refractivity contribution is 6.03. The molecule has 5 rings (SSSR count). The summed E-state index contributed by atoms with van der Waals surface area (Å²) in [4.78, 5) is 29.6. The minimum Gasteiger partial charge on any atom is -0.497 e. The molecule has 202 valence electrons. The summed E-state index contributed by atoms with van der Waals surface area (Å²) in [7, 11) is 1.56. The Morgan fingerprint density at radius 2 is 1.69 bits per heavy atom. The van der Waals surface area contributed by atoms with Gasteiger partial charge in [-0.15, -0.1) is 5.10 Å². The van der Waals surface area contributed by atoms with Crippen molar-refractivity contribution in [3.63, 3.8) is 0 Å². The largest absolute Gasteiger partial charge is 0.497 e. The zero-order chi connectivity index (χ0) is 27.4. The molecule has 1 aromatic heterocycles. The molecule has 4 aromatic rings. The number of carbonyl (C=O) groups is 2. The Kier molecular flexibility index (Phi) is 7.86. The van der Waals surface area contributed by atoms with Crippen LogP contribution in [0.3, 0.4) is 0 Å². The van der Waals surface area contributed by atoms with Crippen LogP contribution in [0.1, 0.15) is 56.7 Å². The van der Waals surface area contributed by atoms with Gasteiger partial charge in [-0.25, -0.2) is 9.07 Å². The van der Waals surface area contributed by atoms with Crippen molar-refractivity contribution in [2.75, 3.05) is 12.0 Å². The van der Waals surface area contributed by atoms with Crippen LogP contribution >= 0.6 is 0 Å². The maximum Gasteiger partial charge on any atom is 0.252 e. The van der Waals surface area contributed by atoms with E-state index in [4.69, 9.17) is 4.74 Å². The topological polar surface area (TPSA) is 89.4 Å². The molecule has 0 unspecified atom stereocenters. The fourth-order valence-corrected chi connectivity index (χ4v) is 5.24. The number of fused-ring (bicyclic) bond motifs is 1. The number of aromatic nitrogens is 3. The van der Waals surface area contributed by atoms with Crippen molar-refractivity contribution in [2.24, 2.45) is 0 Å². The molecule has 0 spiro atoms. The van der Waals surface area contributed by atoms with Gasteiger partial charge in [0.15, 0.2) is 0 Å². The Morgan fingerprint density at radius 1 is 1.00 bits per heavy atom. The molecule has 1 aliphatic rings. The normalized spacial score (nSPS) is 15.5. The number of benzene rings is 3. The minimum absolute atomic E-state index is 0.00116. The van der Waals surface area contributed by atoms with Gasteiger partial charge in [-0.05, 0) is 61.7 Å². The molecule has 1 saturated carbocycles. The standard InChI is InChI=1S/C30H32FN5O3/c1-20(36-27-15-9-7-13-25(27)33-34-36)30(38)35(26-14-8-6-12-24(26)31)28(21-16-18-23(39-2)19-17-21)29(37)32-22-10-4-3-5-11-22/h6-9,12-20,22,28H,3-5,10-11H2,1-2H3,(H,32,37)/t20-,28-/m0/s1. The first-order valence-electron chi connectivity index (χ1n) is 13.3. The summed E-state index contributed by atoms with van der Waals surface area (Å²) < 4.78 is 22.2. The third kappa shape index (κ3) is 5.48. The summed E-state index contributed by atoms with van der Waals surface area (Å²) in [6, 6.07) is 18.3. The average molecular weight is 530 g/mol. The molecule has 0 saturated heterocycles. The predicted molar refractivity (Wildman–Crippen MR) is 147 cm³/mol. The Morgan fingerprint density at radius 3 is 2.41 bits per heavy atom. The molecule has 0 bridgehead atoms. The second-order valence-corrected chi connectivity index (χ2v) is 9.88. The van der Waals surface area contributed by atoms with Crippen molar-refractivity contribution < 1.29 is 18.7 Å². The molecule has 1 fully saturated rings. The molecule has 2 amide bonds. The van der Waals surface area contributed by atoms with Crippen molar-refractivity contribution in [3.05, 3.63) is 84.2 Å². The lowest BCUT2D eigenvalue weighted by molar-refractivity contribution is -0.128. The van der Waals surface area contributed by atoms with Crippen molar-refractivity contribution in [1.29, 1.82) is 0 Å². The number of ether oxygens (including phenoxy) is 1. The quantitative estimate of drug-likeness (QED) is 0.332. The van der Waals surface area contributed by atoms with Crippen LogP contribution < -0.4 is 15.0 Å². The molecule has 1 heterocycles. The molecular weight excluding hydrogens is 497 g/mol. The Hall–Kier alpha value is -4.27. The van der Waals surface area contributed by atoms with Gasteiger partial charge in [0.25, 0.3) is 5.91 Å². The maximum atomic E-state index is 15.4. The minimum atomic E-state index is -1.13. The van der Waals surface area contributed by atoms with E-state index in [-0.39, 0.29) is 17.6 Å². The van der Waals surface area contributed by atoms with Gasteiger partial charge in [-0.3, -0.25) is 14.5 Å². The fourth-order valence-electron chi connectivity index (χ4n) is 5.24. The molecule has 3 aromatic carbocycles. The van der Waals surface area contributed by atoms with Crippen LogP contribution in [0, 0.1) is 5.82 Å². The monoisotopic (exact) mass is 529 g/mol.